The van der Waals surface area contributed by atoms with Crippen LogP contribution in [0.25, 0.3) is 80.7 Å². The fourth-order valence-electron chi connectivity index (χ4n) is 8.28. The average molecular weight is 719 g/mol. The molecule has 0 saturated carbocycles. The van der Waals surface area contributed by atoms with E-state index < -0.39 is 0 Å². The summed E-state index contributed by atoms with van der Waals surface area (Å²) in [7, 11) is 0. The van der Waals surface area contributed by atoms with E-state index in [1.807, 2.05) is 11.3 Å². The van der Waals surface area contributed by atoms with Gasteiger partial charge in [-0.25, -0.2) is 0 Å². The molecule has 3 heteroatoms. The predicted octanol–water partition coefficient (Wildman–Crippen LogP) is 15.1. The summed E-state index contributed by atoms with van der Waals surface area (Å²) in [5, 5.41) is 7.62. The van der Waals surface area contributed by atoms with Crippen LogP contribution >= 0.6 is 11.3 Å². The van der Waals surface area contributed by atoms with Crippen molar-refractivity contribution in [1.29, 1.82) is 0 Å². The molecule has 55 heavy (non-hydrogen) atoms. The first-order chi connectivity index (χ1) is 27.2. The van der Waals surface area contributed by atoms with Crippen LogP contribution in [0.4, 0.5) is 17.1 Å². The molecule has 0 atom stereocenters. The maximum Gasteiger partial charge on any atom is 0.0541 e. The lowest BCUT2D eigenvalue weighted by atomic mass is 10.0. The molecule has 0 fully saturated rings. The molecule has 0 spiro atoms. The summed E-state index contributed by atoms with van der Waals surface area (Å²) in [4.78, 5) is 2.37. The molecule has 9 aromatic carbocycles. The molecule has 2 heterocycles. The van der Waals surface area contributed by atoms with Crippen molar-refractivity contribution in [1.82, 2.24) is 4.57 Å². The molecule has 0 aliphatic heterocycles. The van der Waals surface area contributed by atoms with Crippen molar-refractivity contribution in [2.75, 3.05) is 4.90 Å². The van der Waals surface area contributed by atoms with E-state index in [1.165, 1.54) is 80.7 Å². The molecule has 0 amide bonds. The third kappa shape index (κ3) is 5.40. The number of rotatable bonds is 6. The van der Waals surface area contributed by atoms with Gasteiger partial charge in [0.05, 0.1) is 11.0 Å². The summed E-state index contributed by atoms with van der Waals surface area (Å²) in [6.45, 7) is 0. The Hall–Kier alpha value is -6.94. The van der Waals surface area contributed by atoms with Gasteiger partial charge in [0.2, 0.25) is 0 Å². The number of hydrogen-bond donors (Lipinski definition) is 0. The van der Waals surface area contributed by atoms with Crippen molar-refractivity contribution >= 4 is 81.1 Å². The van der Waals surface area contributed by atoms with Gasteiger partial charge >= 0.3 is 0 Å². The van der Waals surface area contributed by atoms with E-state index in [1.54, 1.807) is 0 Å². The highest BCUT2D eigenvalue weighted by molar-refractivity contribution is 7.25. The predicted molar refractivity (Wildman–Crippen MR) is 237 cm³/mol. The van der Waals surface area contributed by atoms with Crippen LogP contribution in [-0.2, 0) is 0 Å². The van der Waals surface area contributed by atoms with Crippen LogP contribution in [0.1, 0.15) is 0 Å². The molecule has 2 aromatic heterocycles. The number of aromatic nitrogens is 1. The lowest BCUT2D eigenvalue weighted by Crippen LogP contribution is -2.09. The Kier molecular flexibility index (Phi) is 7.39. The van der Waals surface area contributed by atoms with Crippen LogP contribution in [0.3, 0.4) is 0 Å². The Labute approximate surface area is 323 Å². The van der Waals surface area contributed by atoms with Crippen LogP contribution in [0.5, 0.6) is 0 Å². The van der Waals surface area contributed by atoms with Crippen molar-refractivity contribution < 1.29 is 0 Å². The van der Waals surface area contributed by atoms with Crippen LogP contribution in [0, 0.1) is 0 Å². The average Bonchev–Trinajstić information content (AvgIpc) is 3.79. The molecule has 2 nitrogen and oxygen atoms in total. The molecule has 0 N–H and O–H groups in total. The molecule has 0 saturated heterocycles. The lowest BCUT2D eigenvalue weighted by Gasteiger charge is -2.26. The molecule has 0 aliphatic rings. The van der Waals surface area contributed by atoms with E-state index in [4.69, 9.17) is 0 Å². The zero-order chi connectivity index (χ0) is 36.3. The molecule has 0 aliphatic carbocycles. The summed E-state index contributed by atoms with van der Waals surface area (Å²) in [5.41, 5.74) is 11.8. The second kappa shape index (κ2) is 12.9. The quantitative estimate of drug-likeness (QED) is 0.166. The van der Waals surface area contributed by atoms with Crippen LogP contribution in [-0.4, -0.2) is 4.57 Å². The van der Waals surface area contributed by atoms with Gasteiger partial charge in [0.25, 0.3) is 0 Å². The molecule has 11 rings (SSSR count). The van der Waals surface area contributed by atoms with Crippen molar-refractivity contribution in [3.05, 3.63) is 206 Å². The Morgan fingerprint density at radius 3 is 1.67 bits per heavy atom. The summed E-state index contributed by atoms with van der Waals surface area (Å²) in [6.07, 6.45) is 0. The van der Waals surface area contributed by atoms with E-state index in [2.05, 4.69) is 216 Å². The zero-order valence-corrected chi connectivity index (χ0v) is 30.7. The summed E-state index contributed by atoms with van der Waals surface area (Å²) in [5.74, 6) is 0. The molecule has 0 bridgehead atoms. The number of thiophene rings is 1. The number of fused-ring (bicyclic) bond motifs is 7. The number of benzene rings is 9. The Morgan fingerprint density at radius 2 is 0.891 bits per heavy atom. The largest absolute Gasteiger partial charge is 0.310 e. The Balaban J connectivity index is 0.978. The first-order valence-electron chi connectivity index (χ1n) is 18.7. The van der Waals surface area contributed by atoms with Gasteiger partial charge in [0.15, 0.2) is 0 Å². The normalized spacial score (nSPS) is 11.6. The highest BCUT2D eigenvalue weighted by atomic mass is 32.1. The van der Waals surface area contributed by atoms with Gasteiger partial charge < -0.3 is 9.47 Å². The number of anilines is 3. The van der Waals surface area contributed by atoms with Crippen molar-refractivity contribution in [2.45, 2.75) is 0 Å². The minimum absolute atomic E-state index is 1.11. The van der Waals surface area contributed by atoms with E-state index in [0.29, 0.717) is 0 Å². The van der Waals surface area contributed by atoms with Gasteiger partial charge in [0.1, 0.15) is 0 Å². The topological polar surface area (TPSA) is 8.17 Å². The van der Waals surface area contributed by atoms with Crippen LogP contribution in [0.2, 0.25) is 0 Å². The third-order valence-corrected chi connectivity index (χ3v) is 12.1. The molecular formula is C52H34N2S. The van der Waals surface area contributed by atoms with Crippen molar-refractivity contribution in [3.8, 4) is 27.9 Å². The maximum atomic E-state index is 2.37. The fraction of sp³-hybridized carbons (Fsp3) is 0. The highest BCUT2D eigenvalue weighted by Gasteiger charge is 2.16. The standard InChI is InChI=1S/C52H34N2S/c1-2-12-41(13-3-1)54-49-16-8-6-14-45(49)48-33-39(24-31-50(48)54)36-18-25-42(26-19-36)53(44-29-22-35-10-4-5-11-38(35)32-44)43-27-20-37(21-28-43)40-23-30-47-46-15-7-9-17-51(46)55-52(47)34-40/h1-34H. The second-order valence-electron chi connectivity index (χ2n) is 14.2. The zero-order valence-electron chi connectivity index (χ0n) is 29.9. The second-order valence-corrected chi connectivity index (χ2v) is 15.3. The molecular weight excluding hydrogens is 685 g/mol. The van der Waals surface area contributed by atoms with Gasteiger partial charge in [0, 0.05) is 53.7 Å². The van der Waals surface area contributed by atoms with Gasteiger partial charge in [-0.1, -0.05) is 127 Å². The first kappa shape index (κ1) is 31.6. The van der Waals surface area contributed by atoms with Gasteiger partial charge in [-0.2, -0.15) is 0 Å². The summed E-state index contributed by atoms with van der Waals surface area (Å²) in [6, 6.07) is 75.2. The Bertz CT molecular complexity index is 3190. The third-order valence-electron chi connectivity index (χ3n) is 11.0. The summed E-state index contributed by atoms with van der Waals surface area (Å²) < 4.78 is 5.02. The minimum Gasteiger partial charge on any atom is -0.310 e. The van der Waals surface area contributed by atoms with Gasteiger partial charge in [-0.3, -0.25) is 0 Å². The molecule has 0 unspecified atom stereocenters. The number of hydrogen-bond acceptors (Lipinski definition) is 2. The van der Waals surface area contributed by atoms with Crippen molar-refractivity contribution in [2.24, 2.45) is 0 Å². The van der Waals surface area contributed by atoms with Gasteiger partial charge in [-0.05, 0) is 112 Å². The minimum atomic E-state index is 1.11. The highest BCUT2D eigenvalue weighted by Crippen LogP contribution is 2.41. The van der Waals surface area contributed by atoms with Crippen LogP contribution < -0.4 is 4.90 Å². The molecule has 0 radical (unpaired) electrons. The van der Waals surface area contributed by atoms with E-state index >= 15 is 0 Å². The summed E-state index contributed by atoms with van der Waals surface area (Å²) >= 11 is 1.86. The SMILES string of the molecule is c1ccc(-n2c3ccccc3c3cc(-c4ccc(N(c5ccc(-c6ccc7c(c6)sc6ccccc67)cc5)c5ccc6ccccc6c5)cc4)ccc32)cc1. The number of nitrogens with zero attached hydrogens (tertiary/aromatic N) is 2. The monoisotopic (exact) mass is 718 g/mol. The van der Waals surface area contributed by atoms with Crippen LogP contribution in [0.15, 0.2) is 206 Å². The van der Waals surface area contributed by atoms with E-state index in [9.17, 15) is 0 Å². The Morgan fingerprint density at radius 1 is 0.327 bits per heavy atom. The molecule has 258 valence electrons. The van der Waals surface area contributed by atoms with Crippen molar-refractivity contribution in [3.63, 3.8) is 0 Å². The fourth-order valence-corrected chi connectivity index (χ4v) is 9.43. The van der Waals surface area contributed by atoms with Gasteiger partial charge in [-0.15, -0.1) is 11.3 Å². The van der Waals surface area contributed by atoms with E-state index in [-0.39, 0.29) is 0 Å². The molecule has 11 aromatic rings. The smallest absolute Gasteiger partial charge is 0.0541 e. The lowest BCUT2D eigenvalue weighted by molar-refractivity contribution is 1.18. The van der Waals surface area contributed by atoms with E-state index in [0.717, 1.165) is 17.1 Å². The number of para-hydroxylation sites is 2. The first-order valence-corrected chi connectivity index (χ1v) is 19.6. The maximum absolute atomic E-state index is 2.37.